The molecule has 0 atom stereocenters. The van der Waals surface area contributed by atoms with Crippen LogP contribution in [-0.4, -0.2) is 30.8 Å². The number of esters is 1. The van der Waals surface area contributed by atoms with Gasteiger partial charge in [0.05, 0.1) is 4.88 Å². The molecule has 0 bridgehead atoms. The third-order valence-electron chi connectivity index (χ3n) is 5.03. The van der Waals surface area contributed by atoms with Gasteiger partial charge in [0, 0.05) is 10.4 Å². The monoisotopic (exact) mass is 399 g/mol. The number of thiophene rings is 1. The Bertz CT molecular complexity index is 834. The molecule has 1 saturated carbocycles. The van der Waals surface area contributed by atoms with Gasteiger partial charge in [-0.15, -0.1) is 11.3 Å². The summed E-state index contributed by atoms with van der Waals surface area (Å²) < 4.78 is 5.00. The van der Waals surface area contributed by atoms with Crippen LogP contribution in [0.4, 0.5) is 0 Å². The first-order valence-corrected chi connectivity index (χ1v) is 10.5. The van der Waals surface area contributed by atoms with Crippen molar-refractivity contribution in [1.82, 2.24) is 5.32 Å². The summed E-state index contributed by atoms with van der Waals surface area (Å²) in [5.74, 6) is -0.608. The molecule has 1 aliphatic rings. The molecule has 148 valence electrons. The van der Waals surface area contributed by atoms with E-state index in [4.69, 9.17) is 4.74 Å². The normalized spacial score (nSPS) is 14.5. The number of benzene rings is 1. The SMILES string of the molecule is Cc1ccc(C(=O)NCC(=O)OCC(=O)c2ccc(C3CCCCC3)cc2)s1. The fraction of sp³-hybridized carbons (Fsp3) is 0.409. The van der Waals surface area contributed by atoms with Gasteiger partial charge in [-0.1, -0.05) is 43.5 Å². The van der Waals surface area contributed by atoms with Gasteiger partial charge in [0.25, 0.3) is 5.91 Å². The van der Waals surface area contributed by atoms with E-state index in [1.807, 2.05) is 25.1 Å². The average molecular weight is 400 g/mol. The zero-order chi connectivity index (χ0) is 19.9. The Morgan fingerprint density at radius 2 is 1.75 bits per heavy atom. The average Bonchev–Trinajstić information content (AvgIpc) is 3.17. The number of aryl methyl sites for hydroxylation is 1. The molecule has 1 aromatic heterocycles. The van der Waals surface area contributed by atoms with Crippen molar-refractivity contribution in [1.29, 1.82) is 0 Å². The predicted molar refractivity (Wildman–Crippen MR) is 109 cm³/mol. The van der Waals surface area contributed by atoms with Gasteiger partial charge in [-0.25, -0.2) is 0 Å². The third-order valence-corrected chi connectivity index (χ3v) is 6.03. The lowest BCUT2D eigenvalue weighted by Gasteiger charge is -2.22. The Morgan fingerprint density at radius 3 is 2.39 bits per heavy atom. The second-order valence-electron chi connectivity index (χ2n) is 7.13. The van der Waals surface area contributed by atoms with Gasteiger partial charge in [0.15, 0.2) is 12.4 Å². The molecule has 3 rings (SSSR count). The molecule has 1 heterocycles. The van der Waals surface area contributed by atoms with E-state index in [2.05, 4.69) is 5.32 Å². The number of ether oxygens (including phenoxy) is 1. The van der Waals surface area contributed by atoms with Gasteiger partial charge in [0.1, 0.15) is 6.54 Å². The Labute approximate surface area is 169 Å². The number of hydrogen-bond acceptors (Lipinski definition) is 5. The Morgan fingerprint density at radius 1 is 1.04 bits per heavy atom. The van der Waals surface area contributed by atoms with Crippen molar-refractivity contribution < 1.29 is 19.1 Å². The van der Waals surface area contributed by atoms with E-state index < -0.39 is 5.97 Å². The molecule has 1 fully saturated rings. The van der Waals surface area contributed by atoms with E-state index in [-0.39, 0.29) is 24.8 Å². The number of nitrogens with one attached hydrogen (secondary N) is 1. The number of carbonyl (C=O) groups excluding carboxylic acids is 3. The van der Waals surface area contributed by atoms with Crippen LogP contribution in [0.2, 0.25) is 0 Å². The maximum absolute atomic E-state index is 12.2. The molecule has 2 aromatic rings. The van der Waals surface area contributed by atoms with Gasteiger partial charge in [-0.2, -0.15) is 0 Å². The smallest absolute Gasteiger partial charge is 0.325 e. The summed E-state index contributed by atoms with van der Waals surface area (Å²) in [6.07, 6.45) is 6.27. The lowest BCUT2D eigenvalue weighted by atomic mass is 9.84. The summed E-state index contributed by atoms with van der Waals surface area (Å²) in [6.45, 7) is 1.32. The molecule has 1 N–H and O–H groups in total. The van der Waals surface area contributed by atoms with Gasteiger partial charge in [-0.05, 0) is 43.4 Å². The molecule has 0 spiro atoms. The van der Waals surface area contributed by atoms with Crippen molar-refractivity contribution >= 4 is 29.0 Å². The van der Waals surface area contributed by atoms with Crippen molar-refractivity contribution in [2.45, 2.75) is 44.9 Å². The quantitative estimate of drug-likeness (QED) is 0.558. The van der Waals surface area contributed by atoms with E-state index in [1.165, 1.54) is 49.0 Å². The van der Waals surface area contributed by atoms with Gasteiger partial charge >= 0.3 is 5.97 Å². The van der Waals surface area contributed by atoms with Crippen LogP contribution < -0.4 is 5.32 Å². The number of carbonyl (C=O) groups is 3. The molecule has 0 aliphatic heterocycles. The molecule has 0 unspecified atom stereocenters. The summed E-state index contributed by atoms with van der Waals surface area (Å²) >= 11 is 1.36. The van der Waals surface area contributed by atoms with Crippen molar-refractivity contribution in [3.05, 3.63) is 57.3 Å². The molecule has 0 radical (unpaired) electrons. The van der Waals surface area contributed by atoms with Gasteiger partial charge < -0.3 is 10.1 Å². The van der Waals surface area contributed by atoms with Crippen molar-refractivity contribution in [2.75, 3.05) is 13.2 Å². The van der Waals surface area contributed by atoms with Crippen LogP contribution in [0.5, 0.6) is 0 Å². The molecule has 1 amide bonds. The van der Waals surface area contributed by atoms with E-state index in [1.54, 1.807) is 18.2 Å². The second-order valence-corrected chi connectivity index (χ2v) is 8.42. The van der Waals surface area contributed by atoms with E-state index in [0.717, 1.165) is 4.88 Å². The van der Waals surface area contributed by atoms with E-state index in [0.29, 0.717) is 16.4 Å². The first-order valence-electron chi connectivity index (χ1n) is 9.66. The summed E-state index contributed by atoms with van der Waals surface area (Å²) in [6, 6.07) is 11.2. The maximum atomic E-state index is 12.2. The third kappa shape index (κ3) is 5.52. The van der Waals surface area contributed by atoms with Crippen LogP contribution in [0.25, 0.3) is 0 Å². The molecule has 0 saturated heterocycles. The van der Waals surface area contributed by atoms with Crippen LogP contribution in [0.3, 0.4) is 0 Å². The number of hydrogen-bond donors (Lipinski definition) is 1. The minimum atomic E-state index is -0.631. The first-order chi connectivity index (χ1) is 13.5. The standard InChI is InChI=1S/C22H25NO4S/c1-15-7-12-20(28-15)22(26)23-13-21(25)27-14-19(24)18-10-8-17(9-11-18)16-5-3-2-4-6-16/h7-12,16H,2-6,13-14H2,1H3,(H,23,26). The Kier molecular flexibility index (Phi) is 6.98. The first kappa shape index (κ1) is 20.3. The number of ketones is 1. The van der Waals surface area contributed by atoms with Crippen LogP contribution in [0.1, 0.15) is 68.5 Å². The highest BCUT2D eigenvalue weighted by atomic mass is 32.1. The van der Waals surface area contributed by atoms with Crippen LogP contribution in [0, 0.1) is 6.92 Å². The Hall–Kier alpha value is -2.47. The predicted octanol–water partition coefficient (Wildman–Crippen LogP) is 4.26. The minimum Gasteiger partial charge on any atom is -0.456 e. The van der Waals surface area contributed by atoms with Gasteiger partial charge in [-0.3, -0.25) is 14.4 Å². The Balaban J connectivity index is 1.43. The summed E-state index contributed by atoms with van der Waals surface area (Å²) in [4.78, 5) is 37.5. The van der Waals surface area contributed by atoms with E-state index >= 15 is 0 Å². The van der Waals surface area contributed by atoms with Crippen LogP contribution in [0.15, 0.2) is 36.4 Å². The van der Waals surface area contributed by atoms with E-state index in [9.17, 15) is 14.4 Å². The highest BCUT2D eigenvalue weighted by Gasteiger charge is 2.17. The zero-order valence-corrected chi connectivity index (χ0v) is 16.8. The van der Waals surface area contributed by atoms with Crippen molar-refractivity contribution in [3.63, 3.8) is 0 Å². The summed E-state index contributed by atoms with van der Waals surface area (Å²) in [7, 11) is 0. The highest BCUT2D eigenvalue weighted by Crippen LogP contribution is 2.32. The molecular weight excluding hydrogens is 374 g/mol. The maximum Gasteiger partial charge on any atom is 0.325 e. The second kappa shape index (κ2) is 9.64. The molecule has 1 aliphatic carbocycles. The lowest BCUT2D eigenvalue weighted by molar-refractivity contribution is -0.141. The fourth-order valence-electron chi connectivity index (χ4n) is 3.45. The number of rotatable bonds is 7. The molecule has 28 heavy (non-hydrogen) atoms. The lowest BCUT2D eigenvalue weighted by Crippen LogP contribution is -2.31. The zero-order valence-electron chi connectivity index (χ0n) is 16.0. The fourth-order valence-corrected chi connectivity index (χ4v) is 4.24. The number of amides is 1. The highest BCUT2D eigenvalue weighted by molar-refractivity contribution is 7.13. The number of Topliss-reactive ketones (excluding diaryl/α,β-unsaturated/α-hetero) is 1. The minimum absolute atomic E-state index is 0.247. The largest absolute Gasteiger partial charge is 0.456 e. The molecule has 1 aromatic carbocycles. The molecular formula is C22H25NO4S. The molecule has 6 heteroatoms. The molecule has 5 nitrogen and oxygen atoms in total. The van der Waals surface area contributed by atoms with Crippen LogP contribution >= 0.6 is 11.3 Å². The summed E-state index contributed by atoms with van der Waals surface area (Å²) in [5.41, 5.74) is 1.81. The van der Waals surface area contributed by atoms with Crippen molar-refractivity contribution in [2.24, 2.45) is 0 Å². The van der Waals surface area contributed by atoms with Crippen LogP contribution in [-0.2, 0) is 9.53 Å². The summed E-state index contributed by atoms with van der Waals surface area (Å²) in [5, 5.41) is 2.50. The topological polar surface area (TPSA) is 72.5 Å². The van der Waals surface area contributed by atoms with Crippen molar-refractivity contribution in [3.8, 4) is 0 Å². The van der Waals surface area contributed by atoms with Gasteiger partial charge in [0.2, 0.25) is 0 Å².